The van der Waals surface area contributed by atoms with Gasteiger partial charge in [-0.25, -0.2) is 4.98 Å². The molecular formula is C21H19NO3. The smallest absolute Gasteiger partial charge is 0.227 e. The fourth-order valence-electron chi connectivity index (χ4n) is 3.19. The highest BCUT2D eigenvalue weighted by molar-refractivity contribution is 6.07. The zero-order chi connectivity index (χ0) is 17.4. The molecule has 4 rings (SSSR count). The lowest BCUT2D eigenvalue weighted by Gasteiger charge is -2.11. The molecule has 0 spiro atoms. The van der Waals surface area contributed by atoms with E-state index in [0.717, 1.165) is 39.6 Å². The Hall–Kier alpha value is -3.01. The average molecular weight is 333 g/mol. The van der Waals surface area contributed by atoms with E-state index in [1.165, 1.54) is 0 Å². The summed E-state index contributed by atoms with van der Waals surface area (Å²) in [5.74, 6) is 2.22. The highest BCUT2D eigenvalue weighted by atomic mass is 16.5. The van der Waals surface area contributed by atoms with Crippen LogP contribution < -0.4 is 9.47 Å². The van der Waals surface area contributed by atoms with Crippen molar-refractivity contribution in [3.05, 3.63) is 54.2 Å². The summed E-state index contributed by atoms with van der Waals surface area (Å²) in [6.07, 6.45) is 0.809. The van der Waals surface area contributed by atoms with E-state index >= 15 is 0 Å². The summed E-state index contributed by atoms with van der Waals surface area (Å²) in [4.78, 5) is 4.74. The van der Waals surface area contributed by atoms with Gasteiger partial charge >= 0.3 is 0 Å². The molecule has 0 aliphatic heterocycles. The van der Waals surface area contributed by atoms with Crippen LogP contribution in [0.25, 0.3) is 33.2 Å². The van der Waals surface area contributed by atoms with Gasteiger partial charge < -0.3 is 13.9 Å². The first-order valence-electron chi connectivity index (χ1n) is 8.28. The number of rotatable bonds is 4. The Morgan fingerprint density at radius 2 is 1.56 bits per heavy atom. The lowest BCUT2D eigenvalue weighted by molar-refractivity contribution is 0.356. The predicted molar refractivity (Wildman–Crippen MR) is 99.4 cm³/mol. The zero-order valence-corrected chi connectivity index (χ0v) is 14.5. The lowest BCUT2D eigenvalue weighted by Crippen LogP contribution is -1.94. The lowest BCUT2D eigenvalue weighted by atomic mass is 10.0. The van der Waals surface area contributed by atoms with Gasteiger partial charge in [0.05, 0.1) is 19.9 Å². The van der Waals surface area contributed by atoms with Crippen molar-refractivity contribution in [2.24, 2.45) is 0 Å². The number of furan rings is 1. The Morgan fingerprint density at radius 1 is 0.880 bits per heavy atom. The number of hydrogen-bond donors (Lipinski definition) is 0. The standard InChI is InChI=1S/C21H19NO3/c1-4-17-15-11-20(24-3)19(23-2)10-14(15)16-12-18(25-21(16)22-17)13-8-6-5-7-9-13/h5-12H,4H2,1-3H3. The van der Waals surface area contributed by atoms with Crippen LogP contribution in [0.4, 0.5) is 0 Å². The third-order valence-electron chi connectivity index (χ3n) is 4.47. The number of fused-ring (bicyclic) bond motifs is 3. The largest absolute Gasteiger partial charge is 0.493 e. The van der Waals surface area contributed by atoms with Crippen molar-refractivity contribution in [3.63, 3.8) is 0 Å². The van der Waals surface area contributed by atoms with Crippen LogP contribution in [0.2, 0.25) is 0 Å². The van der Waals surface area contributed by atoms with Gasteiger partial charge in [0.2, 0.25) is 5.71 Å². The van der Waals surface area contributed by atoms with Crippen molar-refractivity contribution in [2.45, 2.75) is 13.3 Å². The van der Waals surface area contributed by atoms with E-state index in [4.69, 9.17) is 18.9 Å². The van der Waals surface area contributed by atoms with E-state index in [2.05, 4.69) is 6.92 Å². The molecule has 0 amide bonds. The minimum absolute atomic E-state index is 0.649. The number of pyridine rings is 1. The van der Waals surface area contributed by atoms with E-state index in [-0.39, 0.29) is 0 Å². The Kier molecular flexibility index (Phi) is 3.80. The van der Waals surface area contributed by atoms with Crippen molar-refractivity contribution < 1.29 is 13.9 Å². The number of nitrogens with zero attached hydrogens (tertiary/aromatic N) is 1. The number of benzene rings is 2. The van der Waals surface area contributed by atoms with Crippen molar-refractivity contribution >= 4 is 21.9 Å². The molecule has 0 unspecified atom stereocenters. The van der Waals surface area contributed by atoms with Crippen molar-refractivity contribution in [2.75, 3.05) is 14.2 Å². The van der Waals surface area contributed by atoms with Gasteiger partial charge in [-0.3, -0.25) is 0 Å². The molecule has 4 nitrogen and oxygen atoms in total. The molecule has 0 radical (unpaired) electrons. The van der Waals surface area contributed by atoms with E-state index in [0.29, 0.717) is 17.2 Å². The van der Waals surface area contributed by atoms with Gasteiger partial charge in [-0.2, -0.15) is 0 Å². The SMILES string of the molecule is CCc1nc2oc(-c3ccccc3)cc2c2cc(OC)c(OC)cc12. The van der Waals surface area contributed by atoms with E-state index in [1.54, 1.807) is 14.2 Å². The van der Waals surface area contributed by atoms with Crippen LogP contribution in [0, 0.1) is 0 Å². The average Bonchev–Trinajstić information content (AvgIpc) is 3.11. The molecular weight excluding hydrogens is 314 g/mol. The van der Waals surface area contributed by atoms with Crippen molar-refractivity contribution in [1.29, 1.82) is 0 Å². The van der Waals surface area contributed by atoms with Crippen LogP contribution in [0.3, 0.4) is 0 Å². The second-order valence-corrected chi connectivity index (χ2v) is 5.86. The maximum atomic E-state index is 6.05. The maximum Gasteiger partial charge on any atom is 0.227 e. The molecule has 0 saturated heterocycles. The summed E-state index contributed by atoms with van der Waals surface area (Å²) in [7, 11) is 3.29. The molecule has 0 atom stereocenters. The molecule has 4 aromatic rings. The summed E-state index contributed by atoms with van der Waals surface area (Å²) in [5, 5.41) is 3.10. The summed E-state index contributed by atoms with van der Waals surface area (Å²) >= 11 is 0. The molecule has 2 heterocycles. The molecule has 4 heteroatoms. The molecule has 0 bridgehead atoms. The minimum Gasteiger partial charge on any atom is -0.493 e. The highest BCUT2D eigenvalue weighted by Crippen LogP contribution is 2.38. The first kappa shape index (κ1) is 15.5. The van der Waals surface area contributed by atoms with E-state index < -0.39 is 0 Å². The predicted octanol–water partition coefficient (Wildman–Crippen LogP) is 5.23. The molecule has 2 aromatic carbocycles. The molecule has 0 saturated carbocycles. The number of aryl methyl sites for hydroxylation is 1. The van der Waals surface area contributed by atoms with Crippen LogP contribution in [0.1, 0.15) is 12.6 Å². The van der Waals surface area contributed by atoms with Gasteiger partial charge in [0, 0.05) is 21.7 Å². The van der Waals surface area contributed by atoms with Gasteiger partial charge in [0.25, 0.3) is 0 Å². The minimum atomic E-state index is 0.649. The van der Waals surface area contributed by atoms with Crippen LogP contribution >= 0.6 is 0 Å². The monoisotopic (exact) mass is 333 g/mol. The number of methoxy groups -OCH3 is 2. The maximum absolute atomic E-state index is 6.05. The number of ether oxygens (including phenoxy) is 2. The number of aromatic nitrogens is 1. The molecule has 0 aliphatic rings. The highest BCUT2D eigenvalue weighted by Gasteiger charge is 2.16. The van der Waals surface area contributed by atoms with Crippen LogP contribution in [-0.4, -0.2) is 19.2 Å². The van der Waals surface area contributed by atoms with Gasteiger partial charge in [-0.15, -0.1) is 0 Å². The van der Waals surface area contributed by atoms with Gasteiger partial charge in [0.1, 0.15) is 5.76 Å². The fraction of sp³-hybridized carbons (Fsp3) is 0.190. The fourth-order valence-corrected chi connectivity index (χ4v) is 3.19. The summed E-state index contributed by atoms with van der Waals surface area (Å²) < 4.78 is 17.0. The molecule has 25 heavy (non-hydrogen) atoms. The molecule has 126 valence electrons. The van der Waals surface area contributed by atoms with Crippen molar-refractivity contribution in [1.82, 2.24) is 4.98 Å². The summed E-state index contributed by atoms with van der Waals surface area (Å²) in [6, 6.07) is 16.1. The van der Waals surface area contributed by atoms with E-state index in [1.807, 2.05) is 48.5 Å². The second-order valence-electron chi connectivity index (χ2n) is 5.86. The Labute approximate surface area is 146 Å². The van der Waals surface area contributed by atoms with Gasteiger partial charge in [-0.05, 0) is 24.6 Å². The van der Waals surface area contributed by atoms with Crippen LogP contribution in [0.15, 0.2) is 52.9 Å². The summed E-state index contributed by atoms with van der Waals surface area (Å²) in [5.41, 5.74) is 2.67. The first-order chi connectivity index (χ1) is 12.2. The zero-order valence-electron chi connectivity index (χ0n) is 14.5. The van der Waals surface area contributed by atoms with Crippen molar-refractivity contribution in [3.8, 4) is 22.8 Å². The van der Waals surface area contributed by atoms with E-state index in [9.17, 15) is 0 Å². The molecule has 0 aliphatic carbocycles. The van der Waals surface area contributed by atoms with Crippen LogP contribution in [0.5, 0.6) is 11.5 Å². The van der Waals surface area contributed by atoms with Gasteiger partial charge in [0.15, 0.2) is 11.5 Å². The third kappa shape index (κ3) is 2.50. The number of hydrogen-bond acceptors (Lipinski definition) is 4. The van der Waals surface area contributed by atoms with Crippen LogP contribution in [-0.2, 0) is 6.42 Å². The first-order valence-corrected chi connectivity index (χ1v) is 8.28. The normalized spacial score (nSPS) is 11.2. The Balaban J connectivity index is 2.05. The third-order valence-corrected chi connectivity index (χ3v) is 4.47. The second kappa shape index (κ2) is 6.13. The topological polar surface area (TPSA) is 44.5 Å². The van der Waals surface area contributed by atoms with Gasteiger partial charge in [-0.1, -0.05) is 37.3 Å². The molecule has 0 fully saturated rings. The quantitative estimate of drug-likeness (QED) is 0.513. The molecule has 2 aromatic heterocycles. The Morgan fingerprint density at radius 3 is 2.20 bits per heavy atom. The molecule has 0 N–H and O–H groups in total. The Bertz CT molecular complexity index is 1050. The summed E-state index contributed by atoms with van der Waals surface area (Å²) in [6.45, 7) is 2.09.